The van der Waals surface area contributed by atoms with Gasteiger partial charge in [-0.2, -0.15) is 0 Å². The van der Waals surface area contributed by atoms with Gasteiger partial charge in [-0.05, 0) is 25.9 Å². The highest BCUT2D eigenvalue weighted by Gasteiger charge is 2.22. The third kappa shape index (κ3) is 5.35. The lowest BCUT2D eigenvalue weighted by Crippen LogP contribution is -2.46. The lowest BCUT2D eigenvalue weighted by Gasteiger charge is -2.27. The molecule has 0 radical (unpaired) electrons. The Morgan fingerprint density at radius 1 is 1.26 bits per heavy atom. The Bertz CT molecular complexity index is 353. The van der Waals surface area contributed by atoms with Gasteiger partial charge >= 0.3 is 0 Å². The minimum Gasteiger partial charge on any atom is -0.314 e. The molecule has 1 atom stereocenters. The van der Waals surface area contributed by atoms with Gasteiger partial charge in [0, 0.05) is 45.8 Å². The number of piperazine rings is 1. The highest BCUT2D eigenvalue weighted by Crippen LogP contribution is 2.13. The van der Waals surface area contributed by atoms with Crippen LogP contribution in [0.1, 0.15) is 6.42 Å². The predicted molar refractivity (Wildman–Crippen MR) is 76.7 cm³/mol. The smallest absolute Gasteiger partial charge is 0.212 e. The number of hydrogen-bond donors (Lipinski definition) is 2. The number of sulfonamides is 1. The molecule has 0 bridgehead atoms. The molecule has 112 valence electrons. The maximum atomic E-state index is 11.9. The molecule has 0 aromatic heterocycles. The maximum Gasteiger partial charge on any atom is 0.212 e. The summed E-state index contributed by atoms with van der Waals surface area (Å²) in [6, 6.07) is 0. The molecule has 19 heavy (non-hydrogen) atoms. The average molecular weight is 290 g/mol. The summed E-state index contributed by atoms with van der Waals surface area (Å²) in [6.07, 6.45) is 1.09. The van der Waals surface area contributed by atoms with Crippen molar-refractivity contribution in [2.45, 2.75) is 6.42 Å². The van der Waals surface area contributed by atoms with Gasteiger partial charge in [0.15, 0.2) is 0 Å². The standard InChI is InChI=1S/C12H26N4O2S/c1-15-5-2-12(11-15)10-14-19(17,18)9-8-16-6-3-13-4-7-16/h12-14H,2-11H2,1H3. The summed E-state index contributed by atoms with van der Waals surface area (Å²) in [6.45, 7) is 7.12. The molecule has 0 aliphatic carbocycles. The molecular weight excluding hydrogens is 264 g/mol. The summed E-state index contributed by atoms with van der Waals surface area (Å²) in [5.41, 5.74) is 0. The van der Waals surface area contributed by atoms with Crippen LogP contribution in [0.25, 0.3) is 0 Å². The Kier molecular flexibility index (Phi) is 5.58. The topological polar surface area (TPSA) is 64.7 Å². The fourth-order valence-electron chi connectivity index (χ4n) is 2.69. The lowest BCUT2D eigenvalue weighted by atomic mass is 10.1. The summed E-state index contributed by atoms with van der Waals surface area (Å²) < 4.78 is 26.7. The number of hydrogen-bond acceptors (Lipinski definition) is 5. The van der Waals surface area contributed by atoms with Crippen LogP contribution in [-0.4, -0.2) is 83.4 Å². The first-order valence-corrected chi connectivity index (χ1v) is 8.79. The summed E-state index contributed by atoms with van der Waals surface area (Å²) >= 11 is 0. The predicted octanol–water partition coefficient (Wildman–Crippen LogP) is -1.24. The first kappa shape index (κ1) is 15.2. The summed E-state index contributed by atoms with van der Waals surface area (Å²) in [7, 11) is -1.03. The van der Waals surface area contributed by atoms with Crippen LogP contribution in [0.3, 0.4) is 0 Å². The van der Waals surface area contributed by atoms with Gasteiger partial charge in [0.2, 0.25) is 10.0 Å². The molecule has 0 amide bonds. The maximum absolute atomic E-state index is 11.9. The largest absolute Gasteiger partial charge is 0.314 e. The zero-order chi connectivity index (χ0) is 13.7. The second kappa shape index (κ2) is 6.99. The van der Waals surface area contributed by atoms with Gasteiger partial charge in [0.25, 0.3) is 0 Å². The molecule has 2 heterocycles. The molecule has 2 saturated heterocycles. The monoisotopic (exact) mass is 290 g/mol. The molecule has 2 fully saturated rings. The van der Waals surface area contributed by atoms with Crippen LogP contribution in [0.5, 0.6) is 0 Å². The fourth-order valence-corrected chi connectivity index (χ4v) is 3.83. The molecule has 7 heteroatoms. The van der Waals surface area contributed by atoms with Crippen molar-refractivity contribution < 1.29 is 8.42 Å². The van der Waals surface area contributed by atoms with Gasteiger partial charge in [-0.1, -0.05) is 0 Å². The van der Waals surface area contributed by atoms with E-state index in [0.29, 0.717) is 19.0 Å². The molecule has 2 aliphatic rings. The quantitative estimate of drug-likeness (QED) is 0.641. The molecular formula is C12H26N4O2S. The Morgan fingerprint density at radius 2 is 2.00 bits per heavy atom. The molecule has 2 rings (SSSR count). The summed E-state index contributed by atoms with van der Waals surface area (Å²) in [4.78, 5) is 4.46. The number of rotatable bonds is 6. The number of nitrogens with one attached hydrogen (secondary N) is 2. The van der Waals surface area contributed by atoms with Gasteiger partial charge in [-0.25, -0.2) is 13.1 Å². The van der Waals surface area contributed by atoms with E-state index in [1.165, 1.54) is 0 Å². The molecule has 0 saturated carbocycles. The zero-order valence-corrected chi connectivity index (χ0v) is 12.6. The second-order valence-electron chi connectivity index (χ2n) is 5.68. The molecule has 0 aromatic rings. The van der Waals surface area contributed by atoms with Crippen molar-refractivity contribution in [1.82, 2.24) is 19.8 Å². The van der Waals surface area contributed by atoms with Crippen LogP contribution in [0.2, 0.25) is 0 Å². The van der Waals surface area contributed by atoms with Gasteiger partial charge in [-0.15, -0.1) is 0 Å². The molecule has 2 aliphatic heterocycles. The van der Waals surface area contributed by atoms with Gasteiger partial charge in [0.05, 0.1) is 5.75 Å². The van der Waals surface area contributed by atoms with E-state index in [9.17, 15) is 8.42 Å². The highest BCUT2D eigenvalue weighted by atomic mass is 32.2. The van der Waals surface area contributed by atoms with Crippen molar-refractivity contribution in [2.24, 2.45) is 5.92 Å². The highest BCUT2D eigenvalue weighted by molar-refractivity contribution is 7.89. The van der Waals surface area contributed by atoms with Crippen LogP contribution in [0.4, 0.5) is 0 Å². The van der Waals surface area contributed by atoms with Crippen molar-refractivity contribution in [1.29, 1.82) is 0 Å². The average Bonchev–Trinajstić information content (AvgIpc) is 2.82. The minimum absolute atomic E-state index is 0.218. The minimum atomic E-state index is -3.12. The van der Waals surface area contributed by atoms with Crippen LogP contribution in [0.15, 0.2) is 0 Å². The van der Waals surface area contributed by atoms with E-state index in [4.69, 9.17) is 0 Å². The Labute approximate surface area is 116 Å². The van der Waals surface area contributed by atoms with E-state index in [1.807, 2.05) is 0 Å². The zero-order valence-electron chi connectivity index (χ0n) is 11.8. The van der Waals surface area contributed by atoms with Crippen LogP contribution >= 0.6 is 0 Å². The molecule has 2 N–H and O–H groups in total. The molecule has 0 aromatic carbocycles. The van der Waals surface area contributed by atoms with Gasteiger partial charge < -0.3 is 10.2 Å². The molecule has 0 spiro atoms. The van der Waals surface area contributed by atoms with E-state index in [-0.39, 0.29) is 5.75 Å². The van der Waals surface area contributed by atoms with Crippen LogP contribution in [0, 0.1) is 5.92 Å². The third-order valence-corrected chi connectivity index (χ3v) is 5.29. The van der Waals surface area contributed by atoms with Crippen molar-refractivity contribution in [3.8, 4) is 0 Å². The van der Waals surface area contributed by atoms with E-state index < -0.39 is 10.0 Å². The van der Waals surface area contributed by atoms with Crippen molar-refractivity contribution in [2.75, 3.05) is 65.2 Å². The van der Waals surface area contributed by atoms with Crippen LogP contribution < -0.4 is 10.0 Å². The Hall–Kier alpha value is -0.210. The normalized spacial score (nSPS) is 26.9. The van der Waals surface area contributed by atoms with Crippen molar-refractivity contribution >= 4 is 10.0 Å². The van der Waals surface area contributed by atoms with Gasteiger partial charge in [0.1, 0.15) is 0 Å². The summed E-state index contributed by atoms with van der Waals surface area (Å²) in [5, 5.41) is 3.27. The fraction of sp³-hybridized carbons (Fsp3) is 1.00. The van der Waals surface area contributed by atoms with E-state index in [2.05, 4.69) is 26.9 Å². The van der Waals surface area contributed by atoms with Crippen molar-refractivity contribution in [3.05, 3.63) is 0 Å². The Balaban J connectivity index is 1.66. The first-order valence-electron chi connectivity index (χ1n) is 7.14. The van der Waals surface area contributed by atoms with E-state index in [1.54, 1.807) is 0 Å². The Morgan fingerprint density at radius 3 is 2.63 bits per heavy atom. The molecule has 6 nitrogen and oxygen atoms in total. The lowest BCUT2D eigenvalue weighted by molar-refractivity contribution is 0.253. The van der Waals surface area contributed by atoms with E-state index in [0.717, 1.165) is 45.7 Å². The van der Waals surface area contributed by atoms with Crippen molar-refractivity contribution in [3.63, 3.8) is 0 Å². The third-order valence-electron chi connectivity index (χ3n) is 3.97. The first-order chi connectivity index (χ1) is 9.05. The SMILES string of the molecule is CN1CCC(CNS(=O)(=O)CCN2CCNCC2)C1. The second-order valence-corrected chi connectivity index (χ2v) is 7.60. The van der Waals surface area contributed by atoms with Gasteiger partial charge in [-0.3, -0.25) is 4.90 Å². The molecule has 1 unspecified atom stereocenters. The summed E-state index contributed by atoms with van der Waals surface area (Å²) in [5.74, 6) is 0.689. The van der Waals surface area contributed by atoms with E-state index >= 15 is 0 Å². The number of nitrogens with zero attached hydrogens (tertiary/aromatic N) is 2. The van der Waals surface area contributed by atoms with Crippen LogP contribution in [-0.2, 0) is 10.0 Å². The number of likely N-dealkylation sites (tertiary alicyclic amines) is 1.